The van der Waals surface area contributed by atoms with Crippen molar-refractivity contribution in [2.45, 2.75) is 24.8 Å². The van der Waals surface area contributed by atoms with Crippen molar-refractivity contribution in [3.05, 3.63) is 88.1 Å². The maximum Gasteiger partial charge on any atom is 0.226 e. The Morgan fingerprint density at radius 3 is 2.50 bits per heavy atom. The number of hydrogen-bond donors (Lipinski definition) is 1. The van der Waals surface area contributed by atoms with E-state index in [-0.39, 0.29) is 23.6 Å². The number of aromatic nitrogens is 3. The van der Waals surface area contributed by atoms with Crippen LogP contribution in [0.4, 0.5) is 10.3 Å². The zero-order valence-electron chi connectivity index (χ0n) is 14.8. The van der Waals surface area contributed by atoms with Crippen molar-refractivity contribution < 1.29 is 9.18 Å². The normalized spacial score (nSPS) is 21.1. The monoisotopic (exact) mass is 394 g/mol. The summed E-state index contributed by atoms with van der Waals surface area (Å²) in [5.74, 6) is 0.382. The Kier molecular flexibility index (Phi) is 4.02. The molecule has 0 amide bonds. The number of carbonyl (C=O) groups excluding carboxylic acids is 1. The predicted molar refractivity (Wildman–Crippen MR) is 104 cm³/mol. The molecular formula is C21H16ClFN4O. The highest BCUT2D eigenvalue weighted by Gasteiger charge is 2.39. The Hall–Kier alpha value is -2.99. The Labute approximate surface area is 165 Å². The molecule has 0 radical (unpaired) electrons. The third kappa shape index (κ3) is 2.81. The second kappa shape index (κ2) is 6.56. The second-order valence-electron chi connectivity index (χ2n) is 7.08. The summed E-state index contributed by atoms with van der Waals surface area (Å²) in [6, 6.07) is 13.5. The Morgan fingerprint density at radius 2 is 1.75 bits per heavy atom. The first kappa shape index (κ1) is 17.1. The fourth-order valence-corrected chi connectivity index (χ4v) is 4.20. The first-order valence-electron chi connectivity index (χ1n) is 9.04. The van der Waals surface area contributed by atoms with Gasteiger partial charge in [-0.15, -0.1) is 0 Å². The molecule has 0 saturated heterocycles. The first-order valence-corrected chi connectivity index (χ1v) is 9.41. The molecule has 2 aliphatic rings. The summed E-state index contributed by atoms with van der Waals surface area (Å²) in [5, 5.41) is 8.25. The van der Waals surface area contributed by atoms with Gasteiger partial charge in [0.25, 0.3) is 0 Å². The van der Waals surface area contributed by atoms with Crippen molar-refractivity contribution in [3.63, 3.8) is 0 Å². The van der Waals surface area contributed by atoms with Crippen molar-refractivity contribution >= 4 is 23.3 Å². The molecule has 1 aromatic heterocycles. The van der Waals surface area contributed by atoms with E-state index >= 15 is 0 Å². The molecule has 7 heteroatoms. The quantitative estimate of drug-likeness (QED) is 0.695. The molecule has 0 fully saturated rings. The van der Waals surface area contributed by atoms with Crippen molar-refractivity contribution in [1.29, 1.82) is 0 Å². The van der Waals surface area contributed by atoms with Gasteiger partial charge in [0, 0.05) is 22.7 Å². The molecule has 2 aromatic carbocycles. The van der Waals surface area contributed by atoms with E-state index in [0.29, 0.717) is 29.4 Å². The number of rotatable bonds is 2. The zero-order valence-corrected chi connectivity index (χ0v) is 15.5. The molecule has 3 aromatic rings. The largest absolute Gasteiger partial charge is 0.328 e. The van der Waals surface area contributed by atoms with E-state index in [1.165, 1.54) is 18.5 Å². The molecule has 1 aliphatic heterocycles. The summed E-state index contributed by atoms with van der Waals surface area (Å²) in [7, 11) is 0. The number of nitrogens with one attached hydrogen (secondary N) is 1. The van der Waals surface area contributed by atoms with Gasteiger partial charge in [-0.3, -0.25) is 4.79 Å². The SMILES string of the molecule is O=C1C[C@H](c2ccc(F)cc2)CC2=C1[C@H](c1ccc(Cl)cc1)n1ncnc1N2. The van der Waals surface area contributed by atoms with Gasteiger partial charge in [0.15, 0.2) is 5.78 Å². The minimum atomic E-state index is -0.340. The van der Waals surface area contributed by atoms with Gasteiger partial charge in [-0.1, -0.05) is 35.9 Å². The Morgan fingerprint density at radius 1 is 1.04 bits per heavy atom. The van der Waals surface area contributed by atoms with Crippen molar-refractivity contribution in [1.82, 2.24) is 14.8 Å². The summed E-state index contributed by atoms with van der Waals surface area (Å²) in [6.07, 6.45) is 2.51. The lowest BCUT2D eigenvalue weighted by molar-refractivity contribution is -0.116. The van der Waals surface area contributed by atoms with Crippen molar-refractivity contribution in [2.24, 2.45) is 0 Å². The molecule has 28 heavy (non-hydrogen) atoms. The van der Waals surface area contributed by atoms with Gasteiger partial charge in [-0.25, -0.2) is 9.07 Å². The van der Waals surface area contributed by atoms with Crippen molar-refractivity contribution in [3.8, 4) is 0 Å². The van der Waals surface area contributed by atoms with Gasteiger partial charge in [0.05, 0.1) is 0 Å². The number of Topliss-reactive ketones (excluding diaryl/α,β-unsaturated/α-hetero) is 1. The van der Waals surface area contributed by atoms with Gasteiger partial charge >= 0.3 is 0 Å². The number of hydrogen-bond acceptors (Lipinski definition) is 4. The number of carbonyl (C=O) groups is 1. The molecule has 1 N–H and O–H groups in total. The highest BCUT2D eigenvalue weighted by atomic mass is 35.5. The number of halogens is 2. The molecule has 0 spiro atoms. The van der Waals surface area contributed by atoms with Gasteiger partial charge < -0.3 is 5.32 Å². The van der Waals surface area contributed by atoms with E-state index in [9.17, 15) is 9.18 Å². The van der Waals surface area contributed by atoms with Crippen LogP contribution < -0.4 is 5.32 Å². The van der Waals surface area contributed by atoms with Gasteiger partial charge in [0.2, 0.25) is 5.95 Å². The minimum Gasteiger partial charge on any atom is -0.328 e. The van der Waals surface area contributed by atoms with Crippen LogP contribution in [0, 0.1) is 5.82 Å². The van der Waals surface area contributed by atoms with Crippen LogP contribution in [-0.2, 0) is 4.79 Å². The molecule has 0 saturated carbocycles. The molecule has 2 heterocycles. The standard InChI is InChI=1S/C21H16ClFN4O/c22-15-5-1-13(2-6-15)20-19-17(26-21-24-11-25-27(20)21)9-14(10-18(19)28)12-3-7-16(23)8-4-12/h1-8,11,14,20H,9-10H2,(H,24,25,26)/t14-,20+/m1/s1. The molecule has 0 bridgehead atoms. The number of benzene rings is 2. The molecule has 5 nitrogen and oxygen atoms in total. The van der Waals surface area contributed by atoms with Gasteiger partial charge in [0.1, 0.15) is 18.2 Å². The third-order valence-electron chi connectivity index (χ3n) is 5.39. The summed E-state index contributed by atoms with van der Waals surface area (Å²) in [6.45, 7) is 0. The van der Waals surface area contributed by atoms with Crippen LogP contribution in [-0.4, -0.2) is 20.5 Å². The first-order chi connectivity index (χ1) is 13.6. The number of anilines is 1. The summed E-state index contributed by atoms with van der Waals surface area (Å²) < 4.78 is 15.0. The maximum absolute atomic E-state index is 13.3. The van der Waals surface area contributed by atoms with E-state index in [1.54, 1.807) is 16.8 Å². The Bertz CT molecular complexity index is 1090. The van der Waals surface area contributed by atoms with Crippen LogP contribution in [0.25, 0.3) is 0 Å². The van der Waals surface area contributed by atoms with Crippen LogP contribution in [0.1, 0.15) is 35.9 Å². The second-order valence-corrected chi connectivity index (χ2v) is 7.52. The predicted octanol–water partition coefficient (Wildman–Crippen LogP) is 4.49. The average Bonchev–Trinajstić information content (AvgIpc) is 3.16. The highest BCUT2D eigenvalue weighted by molar-refractivity contribution is 6.30. The summed E-state index contributed by atoms with van der Waals surface area (Å²) in [4.78, 5) is 17.5. The highest BCUT2D eigenvalue weighted by Crippen LogP contribution is 2.43. The fourth-order valence-electron chi connectivity index (χ4n) is 4.08. The number of nitrogens with zero attached hydrogens (tertiary/aromatic N) is 3. The topological polar surface area (TPSA) is 59.8 Å². The van der Waals surface area contributed by atoms with Crippen LogP contribution >= 0.6 is 11.6 Å². The maximum atomic E-state index is 13.3. The molecule has 1 aliphatic carbocycles. The number of allylic oxidation sites excluding steroid dienone is 2. The lowest BCUT2D eigenvalue weighted by atomic mass is 9.78. The van der Waals surface area contributed by atoms with E-state index in [0.717, 1.165) is 16.8 Å². The minimum absolute atomic E-state index is 0.000288. The third-order valence-corrected chi connectivity index (χ3v) is 5.64. The van der Waals surface area contributed by atoms with E-state index in [1.807, 2.05) is 24.3 Å². The molecule has 140 valence electrons. The van der Waals surface area contributed by atoms with Gasteiger partial charge in [-0.2, -0.15) is 10.1 Å². The van der Waals surface area contributed by atoms with E-state index in [4.69, 9.17) is 11.6 Å². The van der Waals surface area contributed by atoms with Crippen LogP contribution in [0.15, 0.2) is 66.1 Å². The van der Waals surface area contributed by atoms with Crippen molar-refractivity contribution in [2.75, 3.05) is 5.32 Å². The Balaban J connectivity index is 1.58. The zero-order chi connectivity index (χ0) is 19.3. The number of fused-ring (bicyclic) bond motifs is 1. The molecule has 5 rings (SSSR count). The fraction of sp³-hybridized carbons (Fsp3) is 0.190. The van der Waals surface area contributed by atoms with Crippen LogP contribution in [0.2, 0.25) is 5.02 Å². The summed E-state index contributed by atoms with van der Waals surface area (Å²) in [5.41, 5.74) is 3.45. The van der Waals surface area contributed by atoms with Crippen LogP contribution in [0.3, 0.4) is 0 Å². The lowest BCUT2D eigenvalue weighted by Gasteiger charge is -2.35. The summed E-state index contributed by atoms with van der Waals surface area (Å²) >= 11 is 6.04. The molecular weight excluding hydrogens is 379 g/mol. The van der Waals surface area contributed by atoms with E-state index in [2.05, 4.69) is 15.4 Å². The van der Waals surface area contributed by atoms with Gasteiger partial charge in [-0.05, 0) is 47.7 Å². The van der Waals surface area contributed by atoms with E-state index < -0.39 is 0 Å². The number of ketones is 1. The molecule has 0 unspecified atom stereocenters. The van der Waals surface area contributed by atoms with Crippen LogP contribution in [0.5, 0.6) is 0 Å². The lowest BCUT2D eigenvalue weighted by Crippen LogP contribution is -2.33. The molecule has 2 atom stereocenters. The average molecular weight is 395 g/mol. The smallest absolute Gasteiger partial charge is 0.226 e.